The van der Waals surface area contributed by atoms with Crippen LogP contribution >= 0.6 is 11.6 Å². The van der Waals surface area contributed by atoms with E-state index < -0.39 is 5.60 Å². The topological polar surface area (TPSA) is 35.5 Å². The summed E-state index contributed by atoms with van der Waals surface area (Å²) >= 11 is 5.91. The van der Waals surface area contributed by atoms with Gasteiger partial charge in [0, 0.05) is 10.6 Å². The summed E-state index contributed by atoms with van der Waals surface area (Å²) < 4.78 is 10.8. The number of carbonyl (C=O) groups excluding carboxylic acids is 1. The predicted molar refractivity (Wildman–Crippen MR) is 70.8 cm³/mol. The van der Waals surface area contributed by atoms with Gasteiger partial charge in [-0.3, -0.25) is 0 Å². The number of carbonyl (C=O) groups is 1. The third kappa shape index (κ3) is 3.05. The van der Waals surface area contributed by atoms with Crippen molar-refractivity contribution in [1.82, 2.24) is 0 Å². The van der Waals surface area contributed by atoms with Crippen LogP contribution in [0.25, 0.3) is 6.08 Å². The minimum atomic E-state index is -0.507. The second-order valence-electron chi connectivity index (χ2n) is 5.14. The first kappa shape index (κ1) is 13.0. The highest BCUT2D eigenvalue weighted by Crippen LogP contribution is 2.29. The lowest BCUT2D eigenvalue weighted by Crippen LogP contribution is -2.27. The Morgan fingerprint density at radius 3 is 2.78 bits per heavy atom. The van der Waals surface area contributed by atoms with Crippen LogP contribution in [0.2, 0.25) is 5.02 Å². The first-order valence-electron chi connectivity index (χ1n) is 5.71. The Morgan fingerprint density at radius 2 is 2.11 bits per heavy atom. The van der Waals surface area contributed by atoms with Gasteiger partial charge in [-0.25, -0.2) is 4.79 Å². The molecule has 0 fully saturated rings. The smallest absolute Gasteiger partial charge is 0.338 e. The lowest BCUT2D eigenvalue weighted by Gasteiger charge is -2.22. The first-order chi connectivity index (χ1) is 8.35. The van der Waals surface area contributed by atoms with E-state index in [0.29, 0.717) is 10.6 Å². The van der Waals surface area contributed by atoms with E-state index in [9.17, 15) is 4.79 Å². The summed E-state index contributed by atoms with van der Waals surface area (Å²) in [6.07, 6.45) is 1.76. The molecule has 1 aliphatic rings. The number of hydrogen-bond donors (Lipinski definition) is 0. The van der Waals surface area contributed by atoms with Crippen molar-refractivity contribution in [2.24, 2.45) is 0 Å². The van der Waals surface area contributed by atoms with Gasteiger partial charge in [0.15, 0.2) is 0 Å². The van der Waals surface area contributed by atoms with Crippen LogP contribution in [0.3, 0.4) is 0 Å². The highest BCUT2D eigenvalue weighted by molar-refractivity contribution is 6.30. The fourth-order valence-electron chi connectivity index (χ4n) is 1.61. The van der Waals surface area contributed by atoms with E-state index in [-0.39, 0.29) is 12.6 Å². The fraction of sp³-hybridized carbons (Fsp3) is 0.357. The Morgan fingerprint density at radius 1 is 1.39 bits per heavy atom. The van der Waals surface area contributed by atoms with Crippen molar-refractivity contribution < 1.29 is 14.3 Å². The molecule has 4 heteroatoms. The van der Waals surface area contributed by atoms with Crippen LogP contribution in [0.15, 0.2) is 23.8 Å². The van der Waals surface area contributed by atoms with Crippen molar-refractivity contribution in [3.05, 3.63) is 34.4 Å². The Kier molecular flexibility index (Phi) is 3.35. The van der Waals surface area contributed by atoms with Crippen LogP contribution in [0, 0.1) is 0 Å². The van der Waals surface area contributed by atoms with Crippen LogP contribution in [0.5, 0.6) is 5.75 Å². The third-order valence-electron chi connectivity index (χ3n) is 2.35. The predicted octanol–water partition coefficient (Wildman–Crippen LogP) is 3.46. The molecule has 0 N–H and O–H groups in total. The average Bonchev–Trinajstić information content (AvgIpc) is 2.25. The van der Waals surface area contributed by atoms with Crippen molar-refractivity contribution in [3.8, 4) is 5.75 Å². The average molecular weight is 267 g/mol. The van der Waals surface area contributed by atoms with Crippen LogP contribution in [-0.4, -0.2) is 18.2 Å². The third-order valence-corrected chi connectivity index (χ3v) is 2.58. The molecule has 0 aromatic heterocycles. The molecule has 1 heterocycles. The zero-order valence-electron chi connectivity index (χ0n) is 10.6. The van der Waals surface area contributed by atoms with E-state index in [1.165, 1.54) is 0 Å². The van der Waals surface area contributed by atoms with Gasteiger partial charge in [-0.1, -0.05) is 11.6 Å². The maximum atomic E-state index is 11.9. The minimum Gasteiger partial charge on any atom is -0.488 e. The lowest BCUT2D eigenvalue weighted by atomic mass is 10.1. The monoisotopic (exact) mass is 266 g/mol. The highest BCUT2D eigenvalue weighted by Gasteiger charge is 2.23. The zero-order chi connectivity index (χ0) is 13.3. The molecule has 0 spiro atoms. The van der Waals surface area contributed by atoms with Crippen molar-refractivity contribution in [2.75, 3.05) is 6.61 Å². The normalized spacial score (nSPS) is 14.3. The molecule has 3 nitrogen and oxygen atoms in total. The maximum Gasteiger partial charge on any atom is 0.338 e. The molecule has 2 rings (SSSR count). The summed E-state index contributed by atoms with van der Waals surface area (Å²) in [6.45, 7) is 5.73. The molecule has 1 aromatic rings. The number of ether oxygens (including phenoxy) is 2. The van der Waals surface area contributed by atoms with Gasteiger partial charge in [0.05, 0.1) is 5.57 Å². The quantitative estimate of drug-likeness (QED) is 0.730. The summed E-state index contributed by atoms with van der Waals surface area (Å²) in [5.41, 5.74) is 0.793. The number of benzene rings is 1. The first-order valence-corrected chi connectivity index (χ1v) is 6.09. The molecule has 1 aliphatic heterocycles. The molecule has 0 saturated heterocycles. The van der Waals surface area contributed by atoms with Gasteiger partial charge in [-0.05, 0) is 45.0 Å². The zero-order valence-corrected chi connectivity index (χ0v) is 11.4. The largest absolute Gasteiger partial charge is 0.488 e. The molecule has 0 unspecified atom stereocenters. The van der Waals surface area contributed by atoms with Crippen LogP contribution in [0.4, 0.5) is 0 Å². The van der Waals surface area contributed by atoms with E-state index in [4.69, 9.17) is 21.1 Å². The highest BCUT2D eigenvalue weighted by atomic mass is 35.5. The Hall–Kier alpha value is -1.48. The van der Waals surface area contributed by atoms with E-state index in [1.54, 1.807) is 24.3 Å². The number of fused-ring (bicyclic) bond motifs is 1. The standard InChI is InChI=1S/C14H15ClO3/c1-14(2,3)18-13(16)10-6-9-7-11(15)4-5-12(9)17-8-10/h4-7H,8H2,1-3H3. The van der Waals surface area contributed by atoms with Crippen LogP contribution in [-0.2, 0) is 9.53 Å². The number of esters is 1. The van der Waals surface area contributed by atoms with Crippen LogP contribution in [0.1, 0.15) is 26.3 Å². The minimum absolute atomic E-state index is 0.226. The van der Waals surface area contributed by atoms with Gasteiger partial charge in [-0.15, -0.1) is 0 Å². The van der Waals surface area contributed by atoms with E-state index in [1.807, 2.05) is 20.8 Å². The van der Waals surface area contributed by atoms with Gasteiger partial charge in [0.1, 0.15) is 18.0 Å². The molecule has 0 radical (unpaired) electrons. The molecular formula is C14H15ClO3. The molecule has 0 atom stereocenters. The van der Waals surface area contributed by atoms with Crippen molar-refractivity contribution in [3.63, 3.8) is 0 Å². The second-order valence-corrected chi connectivity index (χ2v) is 5.58. The Bertz CT molecular complexity index is 512. The van der Waals surface area contributed by atoms with Crippen molar-refractivity contribution in [2.45, 2.75) is 26.4 Å². The second kappa shape index (κ2) is 4.65. The molecule has 0 amide bonds. The van der Waals surface area contributed by atoms with E-state index in [2.05, 4.69) is 0 Å². The molecule has 0 bridgehead atoms. The summed E-state index contributed by atoms with van der Waals surface area (Å²) in [7, 11) is 0. The van der Waals surface area contributed by atoms with Gasteiger partial charge in [0.25, 0.3) is 0 Å². The summed E-state index contributed by atoms with van der Waals surface area (Å²) in [5.74, 6) is 0.375. The van der Waals surface area contributed by atoms with Crippen LogP contribution < -0.4 is 4.74 Å². The fourth-order valence-corrected chi connectivity index (χ4v) is 1.79. The maximum absolute atomic E-state index is 11.9. The van der Waals surface area contributed by atoms with Gasteiger partial charge < -0.3 is 9.47 Å². The summed E-state index contributed by atoms with van der Waals surface area (Å²) in [6, 6.07) is 5.31. The van der Waals surface area contributed by atoms with E-state index in [0.717, 1.165) is 11.3 Å². The van der Waals surface area contributed by atoms with Gasteiger partial charge >= 0.3 is 5.97 Å². The van der Waals surface area contributed by atoms with Gasteiger partial charge in [-0.2, -0.15) is 0 Å². The van der Waals surface area contributed by atoms with Crippen molar-refractivity contribution in [1.29, 1.82) is 0 Å². The molecule has 0 aliphatic carbocycles. The molecule has 96 valence electrons. The van der Waals surface area contributed by atoms with Gasteiger partial charge in [0.2, 0.25) is 0 Å². The van der Waals surface area contributed by atoms with E-state index >= 15 is 0 Å². The Balaban J connectivity index is 2.24. The number of rotatable bonds is 1. The molecule has 1 aromatic carbocycles. The summed E-state index contributed by atoms with van der Waals surface area (Å²) in [5, 5.41) is 0.610. The number of halogens is 1. The summed E-state index contributed by atoms with van der Waals surface area (Å²) in [4.78, 5) is 11.9. The Labute approximate surface area is 111 Å². The molecule has 18 heavy (non-hydrogen) atoms. The van der Waals surface area contributed by atoms with Crippen molar-refractivity contribution >= 4 is 23.6 Å². The number of hydrogen-bond acceptors (Lipinski definition) is 3. The molecule has 0 saturated carbocycles. The SMILES string of the molecule is CC(C)(C)OC(=O)C1=Cc2cc(Cl)ccc2OC1. The lowest BCUT2D eigenvalue weighted by molar-refractivity contribution is -0.150. The molecular weight excluding hydrogens is 252 g/mol.